The molecule has 0 radical (unpaired) electrons. The first-order chi connectivity index (χ1) is 8.91. The maximum absolute atomic E-state index is 13.3. The minimum absolute atomic E-state index is 0.0667. The number of benzene rings is 1. The van der Waals surface area contributed by atoms with E-state index in [1.165, 1.54) is 12.1 Å². The second-order valence-corrected chi connectivity index (χ2v) is 8.41. The molecule has 0 amide bonds. The maximum atomic E-state index is 13.3. The highest BCUT2D eigenvalue weighted by molar-refractivity contribution is 9.10. The number of sulfone groups is 1. The molecule has 1 heterocycles. The molecule has 0 bridgehead atoms. The summed E-state index contributed by atoms with van der Waals surface area (Å²) >= 11 is 9.37. The van der Waals surface area contributed by atoms with Crippen LogP contribution in [-0.2, 0) is 16.3 Å². The Morgan fingerprint density at radius 2 is 2.21 bits per heavy atom. The van der Waals surface area contributed by atoms with Crippen LogP contribution in [0.25, 0.3) is 0 Å². The molecule has 2 unspecified atom stereocenters. The molecule has 0 spiro atoms. The first kappa shape index (κ1) is 15.3. The molecule has 1 aliphatic rings. The first-order valence-corrected chi connectivity index (χ1v) is 9.26. The van der Waals surface area contributed by atoms with Gasteiger partial charge in [0.25, 0.3) is 0 Å². The Balaban J connectivity index is 2.13. The van der Waals surface area contributed by atoms with Crippen LogP contribution >= 0.6 is 27.5 Å². The van der Waals surface area contributed by atoms with E-state index >= 15 is 0 Å². The fourth-order valence-electron chi connectivity index (χ4n) is 2.52. The Bertz CT molecular complexity index is 562. The molecule has 0 aliphatic carbocycles. The van der Waals surface area contributed by atoms with Crippen molar-refractivity contribution in [2.24, 2.45) is 11.8 Å². The first-order valence-electron chi connectivity index (χ1n) is 6.11. The molecule has 0 saturated carbocycles. The van der Waals surface area contributed by atoms with Crippen LogP contribution in [0.4, 0.5) is 4.39 Å². The third kappa shape index (κ3) is 3.92. The van der Waals surface area contributed by atoms with Gasteiger partial charge in [0.05, 0.1) is 11.5 Å². The molecule has 2 rings (SSSR count). The Morgan fingerprint density at radius 1 is 1.47 bits per heavy atom. The molecular formula is C13H15BrClFO2S. The van der Waals surface area contributed by atoms with Gasteiger partial charge >= 0.3 is 0 Å². The highest BCUT2D eigenvalue weighted by Gasteiger charge is 2.33. The standard InChI is InChI=1S/C13H15BrClFO2S/c14-13-2-1-12(16)6-10(13)5-11(7-15)9-3-4-19(17,18)8-9/h1-2,6,9,11H,3-5,7-8H2. The smallest absolute Gasteiger partial charge is 0.150 e. The van der Waals surface area contributed by atoms with E-state index in [0.29, 0.717) is 18.7 Å². The fourth-order valence-corrected chi connectivity index (χ4v) is 5.21. The molecule has 2 atom stereocenters. The fraction of sp³-hybridized carbons (Fsp3) is 0.538. The van der Waals surface area contributed by atoms with E-state index < -0.39 is 9.84 Å². The molecule has 1 fully saturated rings. The second-order valence-electron chi connectivity index (χ2n) is 5.02. The highest BCUT2D eigenvalue weighted by Crippen LogP contribution is 2.31. The molecule has 0 N–H and O–H groups in total. The molecule has 2 nitrogen and oxygen atoms in total. The van der Waals surface area contributed by atoms with E-state index in [4.69, 9.17) is 11.6 Å². The molecule has 1 saturated heterocycles. The molecule has 1 aromatic rings. The lowest BCUT2D eigenvalue weighted by Gasteiger charge is -2.20. The summed E-state index contributed by atoms with van der Waals surface area (Å²) < 4.78 is 37.1. The second kappa shape index (κ2) is 6.10. The van der Waals surface area contributed by atoms with Gasteiger partial charge in [-0.3, -0.25) is 0 Å². The Morgan fingerprint density at radius 3 is 2.79 bits per heavy atom. The summed E-state index contributed by atoms with van der Waals surface area (Å²) in [6, 6.07) is 4.54. The quantitative estimate of drug-likeness (QED) is 0.762. The summed E-state index contributed by atoms with van der Waals surface area (Å²) in [6.07, 6.45) is 1.26. The Hall–Kier alpha value is -0.130. The molecule has 19 heavy (non-hydrogen) atoms. The molecular weight excluding hydrogens is 355 g/mol. The largest absolute Gasteiger partial charge is 0.229 e. The van der Waals surface area contributed by atoms with Gasteiger partial charge in [0.15, 0.2) is 9.84 Å². The summed E-state index contributed by atoms with van der Waals surface area (Å²) in [7, 11) is -2.91. The van der Waals surface area contributed by atoms with Crippen LogP contribution in [0.1, 0.15) is 12.0 Å². The topological polar surface area (TPSA) is 34.1 Å². The van der Waals surface area contributed by atoms with Crippen molar-refractivity contribution in [3.05, 3.63) is 34.1 Å². The van der Waals surface area contributed by atoms with Gasteiger partial charge in [0.1, 0.15) is 5.82 Å². The van der Waals surface area contributed by atoms with E-state index in [-0.39, 0.29) is 29.2 Å². The molecule has 1 aliphatic heterocycles. The predicted octanol–water partition coefficient (Wildman–Crippen LogP) is 3.42. The minimum Gasteiger partial charge on any atom is -0.229 e. The van der Waals surface area contributed by atoms with Gasteiger partial charge in [-0.15, -0.1) is 11.6 Å². The molecule has 1 aromatic carbocycles. The van der Waals surface area contributed by atoms with Crippen molar-refractivity contribution in [1.29, 1.82) is 0 Å². The average molecular weight is 370 g/mol. The van der Waals surface area contributed by atoms with Gasteiger partial charge < -0.3 is 0 Å². The van der Waals surface area contributed by atoms with Crippen LogP contribution in [0.3, 0.4) is 0 Å². The lowest BCUT2D eigenvalue weighted by molar-refractivity contribution is 0.397. The van der Waals surface area contributed by atoms with Crippen LogP contribution in [0.5, 0.6) is 0 Å². The van der Waals surface area contributed by atoms with Crippen molar-refractivity contribution in [3.63, 3.8) is 0 Å². The van der Waals surface area contributed by atoms with E-state index in [0.717, 1.165) is 10.0 Å². The van der Waals surface area contributed by atoms with Gasteiger partial charge in [-0.25, -0.2) is 12.8 Å². The normalized spacial score (nSPS) is 23.4. The van der Waals surface area contributed by atoms with E-state index in [1.807, 2.05) is 0 Å². The summed E-state index contributed by atoms with van der Waals surface area (Å²) in [4.78, 5) is 0. The number of hydrogen-bond donors (Lipinski definition) is 0. The van der Waals surface area contributed by atoms with Crippen molar-refractivity contribution in [1.82, 2.24) is 0 Å². The monoisotopic (exact) mass is 368 g/mol. The predicted molar refractivity (Wildman–Crippen MR) is 78.8 cm³/mol. The number of hydrogen-bond acceptors (Lipinski definition) is 2. The molecule has 106 valence electrons. The van der Waals surface area contributed by atoms with Gasteiger partial charge in [0.2, 0.25) is 0 Å². The van der Waals surface area contributed by atoms with Crippen molar-refractivity contribution >= 4 is 37.4 Å². The molecule has 6 heteroatoms. The van der Waals surface area contributed by atoms with Gasteiger partial charge in [-0.05, 0) is 48.4 Å². The third-order valence-electron chi connectivity index (χ3n) is 3.62. The highest BCUT2D eigenvalue weighted by atomic mass is 79.9. The van der Waals surface area contributed by atoms with Crippen molar-refractivity contribution in [3.8, 4) is 0 Å². The van der Waals surface area contributed by atoms with Crippen molar-refractivity contribution in [2.75, 3.05) is 17.4 Å². The van der Waals surface area contributed by atoms with Gasteiger partial charge in [0, 0.05) is 10.4 Å². The minimum atomic E-state index is -2.91. The van der Waals surface area contributed by atoms with Crippen molar-refractivity contribution < 1.29 is 12.8 Å². The van der Waals surface area contributed by atoms with E-state index in [9.17, 15) is 12.8 Å². The summed E-state index contributed by atoms with van der Waals surface area (Å²) in [5.41, 5.74) is 0.843. The van der Waals surface area contributed by atoms with Crippen LogP contribution in [0.15, 0.2) is 22.7 Å². The summed E-state index contributed by atoms with van der Waals surface area (Å²) in [5.74, 6) is 0.704. The zero-order chi connectivity index (χ0) is 14.0. The van der Waals surface area contributed by atoms with Crippen LogP contribution in [-0.4, -0.2) is 25.8 Å². The number of halogens is 3. The van der Waals surface area contributed by atoms with Crippen LogP contribution < -0.4 is 0 Å². The maximum Gasteiger partial charge on any atom is 0.150 e. The van der Waals surface area contributed by atoms with Gasteiger partial charge in [-0.1, -0.05) is 15.9 Å². The van der Waals surface area contributed by atoms with E-state index in [1.54, 1.807) is 6.07 Å². The van der Waals surface area contributed by atoms with Crippen LogP contribution in [0, 0.1) is 17.7 Å². The van der Waals surface area contributed by atoms with E-state index in [2.05, 4.69) is 15.9 Å². The lowest BCUT2D eigenvalue weighted by Crippen LogP contribution is -2.20. The summed E-state index contributed by atoms with van der Waals surface area (Å²) in [6.45, 7) is 0. The third-order valence-corrected chi connectivity index (χ3v) is 6.59. The summed E-state index contributed by atoms with van der Waals surface area (Å²) in [5, 5.41) is 0. The van der Waals surface area contributed by atoms with Crippen LogP contribution in [0.2, 0.25) is 0 Å². The van der Waals surface area contributed by atoms with Crippen molar-refractivity contribution in [2.45, 2.75) is 12.8 Å². The lowest BCUT2D eigenvalue weighted by atomic mass is 9.88. The Kier molecular flexibility index (Phi) is 4.90. The molecule has 0 aromatic heterocycles. The van der Waals surface area contributed by atoms with Gasteiger partial charge in [-0.2, -0.15) is 0 Å². The Labute approximate surface area is 126 Å². The zero-order valence-corrected chi connectivity index (χ0v) is 13.4. The average Bonchev–Trinajstić information content (AvgIpc) is 2.70. The number of rotatable bonds is 4. The SMILES string of the molecule is O=S1(=O)CCC(C(CCl)Cc2cc(F)ccc2Br)C1. The number of alkyl halides is 1. The zero-order valence-electron chi connectivity index (χ0n) is 10.3.